The highest BCUT2D eigenvalue weighted by Crippen LogP contribution is 2.22. The second-order valence-corrected chi connectivity index (χ2v) is 4.83. The lowest BCUT2D eigenvalue weighted by atomic mass is 10.3. The molecule has 0 radical (unpaired) electrons. The second kappa shape index (κ2) is 6.47. The summed E-state index contributed by atoms with van der Waals surface area (Å²) in [5.74, 6) is 0.286. The molecule has 1 amide bonds. The van der Waals surface area contributed by atoms with E-state index in [4.69, 9.17) is 11.6 Å². The fourth-order valence-corrected chi connectivity index (χ4v) is 2.38. The molecule has 2 heterocycles. The lowest BCUT2D eigenvalue weighted by Gasteiger charge is -2.00. The third-order valence-electron chi connectivity index (χ3n) is 2.27. The van der Waals surface area contributed by atoms with Crippen LogP contribution in [-0.2, 0) is 11.3 Å². The minimum atomic E-state index is -0.0524. The number of rotatable bonds is 5. The summed E-state index contributed by atoms with van der Waals surface area (Å²) in [6.07, 6.45) is 3.81. The Hall–Kier alpha value is -1.46. The second-order valence-electron chi connectivity index (χ2n) is 3.60. The minimum Gasteiger partial charge on any atom is -0.350 e. The van der Waals surface area contributed by atoms with Crippen molar-refractivity contribution in [3.05, 3.63) is 35.6 Å². The van der Waals surface area contributed by atoms with Gasteiger partial charge < -0.3 is 5.32 Å². The quantitative estimate of drug-likeness (QED) is 0.857. The molecular formula is C12H12ClN3OS. The first-order chi connectivity index (χ1) is 8.79. The molecule has 0 fully saturated rings. The van der Waals surface area contributed by atoms with Crippen molar-refractivity contribution in [3.8, 4) is 10.6 Å². The Labute approximate surface area is 114 Å². The van der Waals surface area contributed by atoms with Gasteiger partial charge in [-0.1, -0.05) is 0 Å². The molecule has 94 valence electrons. The van der Waals surface area contributed by atoms with Crippen molar-refractivity contribution < 1.29 is 4.79 Å². The Bertz CT molecular complexity index is 515. The van der Waals surface area contributed by atoms with Gasteiger partial charge in [-0.2, -0.15) is 0 Å². The van der Waals surface area contributed by atoms with Gasteiger partial charge in [-0.05, 0) is 12.1 Å². The van der Waals surface area contributed by atoms with E-state index >= 15 is 0 Å². The maximum Gasteiger partial charge on any atom is 0.221 e. The molecule has 0 aliphatic heterocycles. The molecular weight excluding hydrogens is 270 g/mol. The molecule has 0 saturated carbocycles. The maximum atomic E-state index is 11.3. The Morgan fingerprint density at radius 1 is 1.39 bits per heavy atom. The van der Waals surface area contributed by atoms with Crippen LogP contribution in [0.5, 0.6) is 0 Å². The normalized spacial score (nSPS) is 10.3. The molecule has 0 unspecified atom stereocenters. The monoisotopic (exact) mass is 281 g/mol. The highest BCUT2D eigenvalue weighted by atomic mass is 35.5. The summed E-state index contributed by atoms with van der Waals surface area (Å²) in [5, 5.41) is 5.64. The summed E-state index contributed by atoms with van der Waals surface area (Å²) >= 11 is 7.03. The van der Waals surface area contributed by atoms with Crippen molar-refractivity contribution >= 4 is 28.8 Å². The van der Waals surface area contributed by atoms with Crippen LogP contribution < -0.4 is 5.32 Å². The number of pyridine rings is 1. The van der Waals surface area contributed by atoms with E-state index in [1.165, 1.54) is 0 Å². The van der Waals surface area contributed by atoms with Gasteiger partial charge in [-0.25, -0.2) is 4.98 Å². The summed E-state index contributed by atoms with van der Waals surface area (Å²) in [5.41, 5.74) is 1.89. The molecule has 2 aromatic heterocycles. The van der Waals surface area contributed by atoms with Crippen molar-refractivity contribution in [1.82, 2.24) is 15.3 Å². The highest BCUT2D eigenvalue weighted by Gasteiger charge is 2.05. The lowest BCUT2D eigenvalue weighted by Crippen LogP contribution is -2.22. The molecule has 6 heteroatoms. The van der Waals surface area contributed by atoms with Crippen LogP contribution in [0.3, 0.4) is 0 Å². The first kappa shape index (κ1) is 13.0. The zero-order valence-electron chi connectivity index (χ0n) is 9.60. The van der Waals surface area contributed by atoms with E-state index in [0.717, 1.165) is 16.3 Å². The molecule has 0 saturated heterocycles. The van der Waals surface area contributed by atoms with Crippen LogP contribution in [0.4, 0.5) is 0 Å². The fourth-order valence-electron chi connectivity index (χ4n) is 1.38. The van der Waals surface area contributed by atoms with Gasteiger partial charge in [0.2, 0.25) is 5.91 Å². The van der Waals surface area contributed by atoms with Crippen molar-refractivity contribution in [3.63, 3.8) is 0 Å². The number of hydrogen-bond donors (Lipinski definition) is 1. The van der Waals surface area contributed by atoms with Crippen molar-refractivity contribution in [2.75, 3.05) is 5.88 Å². The summed E-state index contributed by atoms with van der Waals surface area (Å²) < 4.78 is 0. The number of nitrogens with zero attached hydrogens (tertiary/aromatic N) is 2. The molecule has 1 N–H and O–H groups in total. The van der Waals surface area contributed by atoms with Crippen molar-refractivity contribution in [1.29, 1.82) is 0 Å². The number of thiazole rings is 1. The predicted octanol–water partition coefficient (Wildman–Crippen LogP) is 2.45. The molecule has 0 bridgehead atoms. The number of amides is 1. The van der Waals surface area contributed by atoms with Crippen LogP contribution in [-0.4, -0.2) is 21.8 Å². The van der Waals surface area contributed by atoms with Crippen LogP contribution in [0.1, 0.15) is 12.1 Å². The topological polar surface area (TPSA) is 54.9 Å². The summed E-state index contributed by atoms with van der Waals surface area (Å²) in [6, 6.07) is 3.82. The van der Waals surface area contributed by atoms with Crippen molar-refractivity contribution in [2.45, 2.75) is 13.0 Å². The van der Waals surface area contributed by atoms with Crippen LogP contribution >= 0.6 is 22.9 Å². The molecule has 18 heavy (non-hydrogen) atoms. The standard InChI is InChI=1S/C12H12ClN3OS/c13-4-1-11(17)15-7-10-8-18-12(16-10)9-2-5-14-6-3-9/h2-3,5-6,8H,1,4,7H2,(H,15,17). The highest BCUT2D eigenvalue weighted by molar-refractivity contribution is 7.13. The van der Waals surface area contributed by atoms with Crippen LogP contribution in [0, 0.1) is 0 Å². The first-order valence-corrected chi connectivity index (χ1v) is 6.88. The van der Waals surface area contributed by atoms with Crippen LogP contribution in [0.25, 0.3) is 10.6 Å². The molecule has 0 aliphatic carbocycles. The average Bonchev–Trinajstić information content (AvgIpc) is 2.87. The SMILES string of the molecule is O=C(CCCl)NCc1csc(-c2ccncc2)n1. The summed E-state index contributed by atoms with van der Waals surface area (Å²) in [6.45, 7) is 0.442. The number of aromatic nitrogens is 2. The van der Waals surface area contributed by atoms with Gasteiger partial charge >= 0.3 is 0 Å². The molecule has 0 aromatic carbocycles. The number of carbonyl (C=O) groups excluding carboxylic acids is 1. The largest absolute Gasteiger partial charge is 0.350 e. The first-order valence-electron chi connectivity index (χ1n) is 5.47. The smallest absolute Gasteiger partial charge is 0.221 e. The van der Waals surface area contributed by atoms with Gasteiger partial charge in [0.05, 0.1) is 12.2 Å². The Kier molecular flexibility index (Phi) is 4.66. The minimum absolute atomic E-state index is 0.0524. The number of halogens is 1. The van der Waals surface area contributed by atoms with E-state index in [1.54, 1.807) is 23.7 Å². The van der Waals surface area contributed by atoms with Gasteiger partial charge in [0, 0.05) is 35.6 Å². The van der Waals surface area contributed by atoms with Gasteiger partial charge in [0.1, 0.15) is 5.01 Å². The molecule has 0 aliphatic rings. The Balaban J connectivity index is 1.97. The number of hydrogen-bond acceptors (Lipinski definition) is 4. The van der Waals surface area contributed by atoms with E-state index in [2.05, 4.69) is 15.3 Å². The Morgan fingerprint density at radius 3 is 2.89 bits per heavy atom. The number of carbonyl (C=O) groups is 1. The predicted molar refractivity (Wildman–Crippen MR) is 72.5 cm³/mol. The van der Waals surface area contributed by atoms with Crippen LogP contribution in [0.15, 0.2) is 29.9 Å². The third-order valence-corrected chi connectivity index (χ3v) is 3.40. The molecule has 2 rings (SSSR count). The van der Waals surface area contributed by atoms with Gasteiger partial charge in [0.25, 0.3) is 0 Å². The average molecular weight is 282 g/mol. The fraction of sp³-hybridized carbons (Fsp3) is 0.250. The third kappa shape index (κ3) is 3.51. The van der Waals surface area contributed by atoms with Gasteiger partial charge in [0.15, 0.2) is 0 Å². The molecule has 0 spiro atoms. The molecule has 4 nitrogen and oxygen atoms in total. The van der Waals surface area contributed by atoms with Crippen molar-refractivity contribution in [2.24, 2.45) is 0 Å². The zero-order valence-corrected chi connectivity index (χ0v) is 11.2. The zero-order chi connectivity index (χ0) is 12.8. The molecule has 0 atom stereocenters. The van der Waals surface area contributed by atoms with Crippen LogP contribution in [0.2, 0.25) is 0 Å². The molecule has 2 aromatic rings. The Morgan fingerprint density at radius 2 is 2.17 bits per heavy atom. The van der Waals surface area contributed by atoms with E-state index in [-0.39, 0.29) is 5.91 Å². The van der Waals surface area contributed by atoms with E-state index < -0.39 is 0 Å². The lowest BCUT2D eigenvalue weighted by molar-refractivity contribution is -0.120. The maximum absolute atomic E-state index is 11.3. The number of alkyl halides is 1. The van der Waals surface area contributed by atoms with E-state index in [1.807, 2.05) is 17.5 Å². The summed E-state index contributed by atoms with van der Waals surface area (Å²) in [4.78, 5) is 19.7. The summed E-state index contributed by atoms with van der Waals surface area (Å²) in [7, 11) is 0. The van der Waals surface area contributed by atoms with Gasteiger partial charge in [-0.15, -0.1) is 22.9 Å². The van der Waals surface area contributed by atoms with E-state index in [0.29, 0.717) is 18.8 Å². The van der Waals surface area contributed by atoms with E-state index in [9.17, 15) is 4.79 Å². The van der Waals surface area contributed by atoms with Gasteiger partial charge in [-0.3, -0.25) is 9.78 Å². The number of nitrogens with one attached hydrogen (secondary N) is 1.